The molecule has 0 aromatic heterocycles. The Labute approximate surface area is 140 Å². The molecule has 0 heterocycles. The zero-order valence-corrected chi connectivity index (χ0v) is 15.8. The topological polar surface area (TPSA) is 12.0 Å². The molecule has 0 saturated carbocycles. The van der Waals surface area contributed by atoms with Crippen LogP contribution in [0.1, 0.15) is 64.0 Å². The van der Waals surface area contributed by atoms with Crippen molar-refractivity contribution in [3.63, 3.8) is 0 Å². The molecular formula is C16H25BrIN. The number of halogens is 2. The molecule has 1 rings (SSSR count). The van der Waals surface area contributed by atoms with Crippen LogP contribution in [0.25, 0.3) is 0 Å². The van der Waals surface area contributed by atoms with Gasteiger partial charge in [0.05, 0.1) is 0 Å². The summed E-state index contributed by atoms with van der Waals surface area (Å²) >= 11 is 6.03. The van der Waals surface area contributed by atoms with Gasteiger partial charge in [0, 0.05) is 14.1 Å². The quantitative estimate of drug-likeness (QED) is 0.365. The van der Waals surface area contributed by atoms with Crippen molar-refractivity contribution in [1.82, 2.24) is 5.32 Å². The second-order valence-corrected chi connectivity index (χ2v) is 7.06. The van der Waals surface area contributed by atoms with Crippen LogP contribution in [0, 0.1) is 3.57 Å². The molecule has 1 atom stereocenters. The molecule has 0 spiro atoms. The average Bonchev–Trinajstić information content (AvgIpc) is 2.40. The predicted octanol–water partition coefficient (Wildman–Crippen LogP) is 6.06. The lowest BCUT2D eigenvalue weighted by atomic mass is 10.00. The third kappa shape index (κ3) is 6.58. The van der Waals surface area contributed by atoms with Crippen LogP contribution in [0.3, 0.4) is 0 Å². The molecule has 0 radical (unpaired) electrons. The standard InChI is InChI=1S/C16H25BrIN/c1-3-5-6-7-8-9-16(19-4-2)14-12-13(17)10-11-15(14)18/h10-12,16,19H,3-9H2,1-2H3. The van der Waals surface area contributed by atoms with Crippen LogP contribution in [0.5, 0.6) is 0 Å². The van der Waals surface area contributed by atoms with Crippen molar-refractivity contribution in [1.29, 1.82) is 0 Å². The van der Waals surface area contributed by atoms with E-state index in [0.29, 0.717) is 6.04 Å². The lowest BCUT2D eigenvalue weighted by Crippen LogP contribution is -2.21. The minimum Gasteiger partial charge on any atom is -0.310 e. The van der Waals surface area contributed by atoms with Gasteiger partial charge in [-0.15, -0.1) is 0 Å². The monoisotopic (exact) mass is 437 g/mol. The molecule has 0 saturated heterocycles. The molecule has 1 unspecified atom stereocenters. The van der Waals surface area contributed by atoms with Crippen LogP contribution in [0.2, 0.25) is 0 Å². The maximum absolute atomic E-state index is 3.63. The summed E-state index contributed by atoms with van der Waals surface area (Å²) in [7, 11) is 0. The zero-order valence-electron chi connectivity index (χ0n) is 12.0. The average molecular weight is 438 g/mol. The summed E-state index contributed by atoms with van der Waals surface area (Å²) in [6, 6.07) is 7.08. The van der Waals surface area contributed by atoms with Crippen molar-refractivity contribution in [2.45, 2.75) is 58.4 Å². The van der Waals surface area contributed by atoms with Gasteiger partial charge in [0.2, 0.25) is 0 Å². The number of nitrogens with one attached hydrogen (secondary N) is 1. The van der Waals surface area contributed by atoms with Gasteiger partial charge in [-0.3, -0.25) is 0 Å². The Morgan fingerprint density at radius 1 is 1.16 bits per heavy atom. The van der Waals surface area contributed by atoms with Crippen molar-refractivity contribution in [3.8, 4) is 0 Å². The van der Waals surface area contributed by atoms with Crippen LogP contribution in [0.4, 0.5) is 0 Å². The van der Waals surface area contributed by atoms with Gasteiger partial charge in [-0.1, -0.05) is 61.9 Å². The van der Waals surface area contributed by atoms with E-state index in [9.17, 15) is 0 Å². The van der Waals surface area contributed by atoms with E-state index < -0.39 is 0 Å². The fourth-order valence-electron chi connectivity index (χ4n) is 2.35. The van der Waals surface area contributed by atoms with E-state index in [4.69, 9.17) is 0 Å². The molecular weight excluding hydrogens is 413 g/mol. The first-order valence-electron chi connectivity index (χ1n) is 7.37. The fourth-order valence-corrected chi connectivity index (χ4v) is 3.44. The first-order chi connectivity index (χ1) is 9.19. The first-order valence-corrected chi connectivity index (χ1v) is 9.24. The van der Waals surface area contributed by atoms with Crippen LogP contribution in [0.15, 0.2) is 22.7 Å². The Morgan fingerprint density at radius 2 is 1.89 bits per heavy atom. The highest BCUT2D eigenvalue weighted by molar-refractivity contribution is 14.1. The zero-order chi connectivity index (χ0) is 14.1. The molecule has 1 nitrogen and oxygen atoms in total. The van der Waals surface area contributed by atoms with Gasteiger partial charge in [0.15, 0.2) is 0 Å². The van der Waals surface area contributed by atoms with Gasteiger partial charge in [-0.2, -0.15) is 0 Å². The first kappa shape index (κ1) is 17.4. The predicted molar refractivity (Wildman–Crippen MR) is 96.7 cm³/mol. The summed E-state index contributed by atoms with van der Waals surface area (Å²) in [6.07, 6.45) is 8.00. The normalized spacial score (nSPS) is 12.6. The van der Waals surface area contributed by atoms with Crippen molar-refractivity contribution < 1.29 is 0 Å². The molecule has 0 aliphatic carbocycles. The van der Waals surface area contributed by atoms with Crippen LogP contribution >= 0.6 is 38.5 Å². The van der Waals surface area contributed by atoms with Crippen molar-refractivity contribution in [3.05, 3.63) is 31.8 Å². The Bertz CT molecular complexity index is 368. The van der Waals surface area contributed by atoms with E-state index in [-0.39, 0.29) is 0 Å². The van der Waals surface area contributed by atoms with Crippen LogP contribution < -0.4 is 5.32 Å². The minimum absolute atomic E-state index is 0.496. The van der Waals surface area contributed by atoms with Gasteiger partial charge >= 0.3 is 0 Å². The maximum Gasteiger partial charge on any atom is 0.0331 e. The molecule has 1 aromatic rings. The molecule has 0 bridgehead atoms. The Hall–Kier alpha value is 0.390. The molecule has 108 valence electrons. The lowest BCUT2D eigenvalue weighted by molar-refractivity contribution is 0.477. The summed E-state index contributed by atoms with van der Waals surface area (Å²) < 4.78 is 2.54. The van der Waals surface area contributed by atoms with Crippen molar-refractivity contribution in [2.75, 3.05) is 6.54 Å². The fraction of sp³-hybridized carbons (Fsp3) is 0.625. The van der Waals surface area contributed by atoms with Gasteiger partial charge in [-0.05, 0) is 59.3 Å². The number of rotatable bonds is 9. The number of hydrogen-bond donors (Lipinski definition) is 1. The second-order valence-electron chi connectivity index (χ2n) is 4.98. The highest BCUT2D eigenvalue weighted by Gasteiger charge is 2.13. The lowest BCUT2D eigenvalue weighted by Gasteiger charge is -2.20. The van der Waals surface area contributed by atoms with Crippen LogP contribution in [-0.2, 0) is 0 Å². The second kappa shape index (κ2) is 10.2. The summed E-state index contributed by atoms with van der Waals surface area (Å²) in [4.78, 5) is 0. The molecule has 0 aliphatic rings. The molecule has 3 heteroatoms. The number of hydrogen-bond acceptors (Lipinski definition) is 1. The third-order valence-corrected chi connectivity index (χ3v) is 4.86. The van der Waals surface area contributed by atoms with Crippen molar-refractivity contribution in [2.24, 2.45) is 0 Å². The largest absolute Gasteiger partial charge is 0.310 e. The van der Waals surface area contributed by atoms with Crippen molar-refractivity contribution >= 4 is 38.5 Å². The van der Waals surface area contributed by atoms with Gasteiger partial charge < -0.3 is 5.32 Å². The summed E-state index contributed by atoms with van der Waals surface area (Å²) in [5.41, 5.74) is 1.44. The van der Waals surface area contributed by atoms with Crippen LogP contribution in [-0.4, -0.2) is 6.54 Å². The Kier molecular flexibility index (Phi) is 9.33. The third-order valence-electron chi connectivity index (χ3n) is 3.38. The number of unbranched alkanes of at least 4 members (excludes halogenated alkanes) is 4. The Morgan fingerprint density at radius 3 is 2.58 bits per heavy atom. The highest BCUT2D eigenvalue weighted by atomic mass is 127. The van der Waals surface area contributed by atoms with E-state index in [2.05, 4.69) is 75.9 Å². The summed E-state index contributed by atoms with van der Waals surface area (Å²) in [5.74, 6) is 0. The van der Waals surface area contributed by atoms with Gasteiger partial charge in [0.1, 0.15) is 0 Å². The molecule has 0 aliphatic heterocycles. The van der Waals surface area contributed by atoms with E-state index in [1.54, 1.807) is 0 Å². The van der Waals surface area contributed by atoms with E-state index in [0.717, 1.165) is 6.54 Å². The van der Waals surface area contributed by atoms with E-state index >= 15 is 0 Å². The molecule has 1 aromatic carbocycles. The maximum atomic E-state index is 3.63. The van der Waals surface area contributed by atoms with E-state index in [1.165, 1.54) is 52.1 Å². The van der Waals surface area contributed by atoms with Gasteiger partial charge in [0.25, 0.3) is 0 Å². The minimum atomic E-state index is 0.496. The summed E-state index contributed by atoms with van der Waals surface area (Å²) in [5, 5.41) is 3.63. The van der Waals surface area contributed by atoms with E-state index in [1.807, 2.05) is 0 Å². The molecule has 0 fully saturated rings. The molecule has 0 amide bonds. The highest BCUT2D eigenvalue weighted by Crippen LogP contribution is 2.27. The number of benzene rings is 1. The summed E-state index contributed by atoms with van der Waals surface area (Å²) in [6.45, 7) is 5.49. The molecule has 19 heavy (non-hydrogen) atoms. The van der Waals surface area contributed by atoms with Gasteiger partial charge in [-0.25, -0.2) is 0 Å². The SMILES string of the molecule is CCCCCCCC(NCC)c1cc(Br)ccc1I. The smallest absolute Gasteiger partial charge is 0.0331 e. The Balaban J connectivity index is 2.58. The molecule has 1 N–H and O–H groups in total.